The van der Waals surface area contributed by atoms with Crippen LogP contribution in [0.25, 0.3) is 0 Å². The summed E-state index contributed by atoms with van der Waals surface area (Å²) < 4.78 is 6.15. The van der Waals surface area contributed by atoms with Crippen molar-refractivity contribution in [3.63, 3.8) is 0 Å². The molecule has 2 N–H and O–H groups in total. The molecular weight excluding hydrogens is 466 g/mol. The molecule has 8 nitrogen and oxygen atoms in total. The summed E-state index contributed by atoms with van der Waals surface area (Å²) in [7, 11) is 0. The lowest BCUT2D eigenvalue weighted by atomic mass is 9.93. The van der Waals surface area contributed by atoms with Gasteiger partial charge in [-0.15, -0.1) is 11.8 Å². The van der Waals surface area contributed by atoms with Gasteiger partial charge in [0.05, 0.1) is 17.5 Å². The van der Waals surface area contributed by atoms with Crippen LogP contribution in [0.2, 0.25) is 0 Å². The Bertz CT molecular complexity index is 724. The predicted octanol–water partition coefficient (Wildman–Crippen LogP) is 3.53. The molecule has 1 aliphatic rings. The van der Waals surface area contributed by atoms with Crippen molar-refractivity contribution in [2.45, 2.75) is 97.8 Å². The molecule has 0 aliphatic carbocycles. The van der Waals surface area contributed by atoms with Gasteiger partial charge in [-0.3, -0.25) is 24.1 Å². The zero-order chi connectivity index (χ0) is 26.6. The molecule has 1 fully saturated rings. The molecule has 0 aromatic heterocycles. The van der Waals surface area contributed by atoms with E-state index < -0.39 is 0 Å². The Morgan fingerprint density at radius 1 is 1.11 bits per heavy atom. The monoisotopic (exact) mass is 513 g/mol. The van der Waals surface area contributed by atoms with E-state index in [0.29, 0.717) is 32.0 Å². The van der Waals surface area contributed by atoms with Crippen molar-refractivity contribution in [2.75, 3.05) is 32.0 Å². The van der Waals surface area contributed by atoms with Crippen LogP contribution in [0.5, 0.6) is 0 Å². The Hall–Kier alpha value is -1.61. The first-order valence-electron chi connectivity index (χ1n) is 12.9. The molecule has 0 spiro atoms. The fourth-order valence-corrected chi connectivity index (χ4v) is 4.56. The van der Waals surface area contributed by atoms with Gasteiger partial charge in [0.25, 0.3) is 0 Å². The Morgan fingerprint density at radius 3 is 2.40 bits per heavy atom. The molecule has 1 rings (SSSR count). The Labute approximate surface area is 216 Å². The van der Waals surface area contributed by atoms with E-state index in [-0.39, 0.29) is 59.3 Å². The summed E-state index contributed by atoms with van der Waals surface area (Å²) in [5.74, 6) is 0.851. The molecule has 0 aromatic rings. The molecule has 0 radical (unpaired) electrons. The molecule has 1 atom stereocenters. The van der Waals surface area contributed by atoms with Gasteiger partial charge in [0.2, 0.25) is 23.6 Å². The van der Waals surface area contributed by atoms with Gasteiger partial charge in [-0.2, -0.15) is 0 Å². The van der Waals surface area contributed by atoms with E-state index in [0.717, 1.165) is 25.0 Å². The number of carbonyl (C=O) groups is 4. The molecule has 0 saturated carbocycles. The summed E-state index contributed by atoms with van der Waals surface area (Å²) in [5.41, 5.74) is -0.617. The highest BCUT2D eigenvalue weighted by Crippen LogP contribution is 2.25. The number of amides is 4. The average molecular weight is 514 g/mol. The fourth-order valence-electron chi connectivity index (χ4n) is 3.62. The van der Waals surface area contributed by atoms with Crippen LogP contribution >= 0.6 is 11.8 Å². The standard InChI is InChI=1S/C26H47N3O5S/c1-8-35-20-16-23(32)29(24(20)33)15-12-22(31)28-17-25(4,5)18-34-26(6,7)13-9-14-27-21(30)11-10-19(2)3/h19-20H,8-18H2,1-7H3,(H,27,30)(H,28,31). The number of likely N-dealkylation sites (tertiary alicyclic amines) is 1. The number of thioether (sulfide) groups is 1. The molecule has 4 amide bonds. The van der Waals surface area contributed by atoms with Crippen molar-refractivity contribution in [3.8, 4) is 0 Å². The first-order valence-corrected chi connectivity index (χ1v) is 13.9. The highest BCUT2D eigenvalue weighted by atomic mass is 32.2. The zero-order valence-corrected chi connectivity index (χ0v) is 23.6. The van der Waals surface area contributed by atoms with Gasteiger partial charge in [-0.05, 0) is 44.8 Å². The topological polar surface area (TPSA) is 105 Å². The maximum atomic E-state index is 12.3. The number of imide groups is 1. The molecule has 1 aliphatic heterocycles. The van der Waals surface area contributed by atoms with Crippen molar-refractivity contribution in [3.05, 3.63) is 0 Å². The van der Waals surface area contributed by atoms with E-state index in [9.17, 15) is 19.2 Å². The summed E-state index contributed by atoms with van der Waals surface area (Å²) in [6.45, 7) is 16.0. The maximum absolute atomic E-state index is 12.3. The molecule has 35 heavy (non-hydrogen) atoms. The summed E-state index contributed by atoms with van der Waals surface area (Å²) in [6.07, 6.45) is 3.45. The van der Waals surface area contributed by atoms with Crippen LogP contribution in [0, 0.1) is 11.3 Å². The number of rotatable bonds is 17. The fraction of sp³-hybridized carbons (Fsp3) is 0.846. The van der Waals surface area contributed by atoms with E-state index in [1.54, 1.807) is 0 Å². The summed E-state index contributed by atoms with van der Waals surface area (Å²) >= 11 is 1.47. The van der Waals surface area contributed by atoms with Crippen LogP contribution in [0.1, 0.15) is 87.0 Å². The summed E-state index contributed by atoms with van der Waals surface area (Å²) in [5, 5.41) is 5.58. The van der Waals surface area contributed by atoms with E-state index in [2.05, 4.69) is 24.5 Å². The Balaban J connectivity index is 2.29. The van der Waals surface area contributed by atoms with Gasteiger partial charge in [0.1, 0.15) is 0 Å². The first kappa shape index (κ1) is 31.4. The van der Waals surface area contributed by atoms with Crippen LogP contribution in [0.15, 0.2) is 0 Å². The van der Waals surface area contributed by atoms with Crippen molar-refractivity contribution in [1.82, 2.24) is 15.5 Å². The zero-order valence-electron chi connectivity index (χ0n) is 22.8. The maximum Gasteiger partial charge on any atom is 0.242 e. The second-order valence-corrected chi connectivity index (χ2v) is 12.6. The highest BCUT2D eigenvalue weighted by molar-refractivity contribution is 8.00. The normalized spacial score (nSPS) is 16.8. The average Bonchev–Trinajstić information content (AvgIpc) is 3.04. The van der Waals surface area contributed by atoms with Crippen LogP contribution < -0.4 is 10.6 Å². The van der Waals surface area contributed by atoms with Crippen molar-refractivity contribution in [1.29, 1.82) is 0 Å². The largest absolute Gasteiger partial charge is 0.375 e. The molecule has 1 unspecified atom stereocenters. The second kappa shape index (κ2) is 14.8. The Morgan fingerprint density at radius 2 is 1.77 bits per heavy atom. The first-order chi connectivity index (χ1) is 16.3. The summed E-state index contributed by atoms with van der Waals surface area (Å²) in [6, 6.07) is 0. The van der Waals surface area contributed by atoms with Gasteiger partial charge in [0.15, 0.2) is 0 Å². The molecule has 1 saturated heterocycles. The third-order valence-corrected chi connectivity index (χ3v) is 7.08. The van der Waals surface area contributed by atoms with Crippen molar-refractivity contribution < 1.29 is 23.9 Å². The lowest BCUT2D eigenvalue weighted by Gasteiger charge is -2.32. The number of nitrogens with zero attached hydrogens (tertiary/aromatic N) is 1. The number of ether oxygens (including phenoxy) is 1. The second-order valence-electron chi connectivity index (χ2n) is 11.2. The minimum Gasteiger partial charge on any atom is -0.375 e. The molecule has 9 heteroatoms. The third kappa shape index (κ3) is 12.8. The van der Waals surface area contributed by atoms with Crippen molar-refractivity contribution >= 4 is 35.4 Å². The van der Waals surface area contributed by atoms with E-state index in [1.165, 1.54) is 16.7 Å². The molecule has 1 heterocycles. The Kier molecular flexibility index (Phi) is 13.3. The number of carbonyl (C=O) groups excluding carboxylic acids is 4. The number of hydrogen-bond donors (Lipinski definition) is 2. The number of hydrogen-bond acceptors (Lipinski definition) is 6. The molecule has 0 bridgehead atoms. The van der Waals surface area contributed by atoms with E-state index >= 15 is 0 Å². The molecule has 0 aromatic carbocycles. The van der Waals surface area contributed by atoms with Gasteiger partial charge in [-0.25, -0.2) is 0 Å². The van der Waals surface area contributed by atoms with E-state index in [4.69, 9.17) is 4.74 Å². The van der Waals surface area contributed by atoms with Gasteiger partial charge in [0, 0.05) is 44.3 Å². The smallest absolute Gasteiger partial charge is 0.242 e. The van der Waals surface area contributed by atoms with Crippen LogP contribution in [0.4, 0.5) is 0 Å². The van der Waals surface area contributed by atoms with Crippen LogP contribution in [-0.2, 0) is 23.9 Å². The minimum atomic E-state index is -0.340. The quantitative estimate of drug-likeness (QED) is 0.228. The predicted molar refractivity (Wildman–Crippen MR) is 141 cm³/mol. The van der Waals surface area contributed by atoms with Crippen LogP contribution in [0.3, 0.4) is 0 Å². The van der Waals surface area contributed by atoms with E-state index in [1.807, 2.05) is 34.6 Å². The van der Waals surface area contributed by atoms with Gasteiger partial charge in [-0.1, -0.05) is 34.6 Å². The third-order valence-electron chi connectivity index (χ3n) is 5.98. The number of nitrogens with one attached hydrogen (secondary N) is 2. The van der Waals surface area contributed by atoms with Crippen molar-refractivity contribution in [2.24, 2.45) is 11.3 Å². The van der Waals surface area contributed by atoms with Gasteiger partial charge < -0.3 is 15.4 Å². The minimum absolute atomic E-state index is 0.103. The molecular formula is C26H47N3O5S. The SMILES string of the molecule is CCSC1CC(=O)N(CCC(=O)NCC(C)(C)COC(C)(C)CCCNC(=O)CCC(C)C)C1=O. The van der Waals surface area contributed by atoms with Crippen LogP contribution in [-0.4, -0.2) is 71.4 Å². The summed E-state index contributed by atoms with van der Waals surface area (Å²) in [4.78, 5) is 49.8. The van der Waals surface area contributed by atoms with Gasteiger partial charge >= 0.3 is 0 Å². The lowest BCUT2D eigenvalue weighted by molar-refractivity contribution is -0.138. The molecule has 202 valence electrons. The lowest BCUT2D eigenvalue weighted by Crippen LogP contribution is -2.41. The highest BCUT2D eigenvalue weighted by Gasteiger charge is 2.38.